The molecule has 0 radical (unpaired) electrons. The zero-order chi connectivity index (χ0) is 15.4. The van der Waals surface area contributed by atoms with E-state index in [1.165, 1.54) is 17.7 Å². The second kappa shape index (κ2) is 6.69. The topological polar surface area (TPSA) is 33.2 Å². The summed E-state index contributed by atoms with van der Waals surface area (Å²) < 4.78 is 12.9. The molecule has 0 bridgehead atoms. The molecule has 22 heavy (non-hydrogen) atoms. The van der Waals surface area contributed by atoms with Crippen molar-refractivity contribution < 1.29 is 9.18 Å². The summed E-state index contributed by atoms with van der Waals surface area (Å²) in [4.78, 5) is 18.3. The molecule has 1 aromatic heterocycles. The molecule has 0 spiro atoms. The number of rotatable bonds is 3. The Morgan fingerprint density at radius 2 is 1.73 bits per heavy atom. The van der Waals surface area contributed by atoms with Gasteiger partial charge in [-0.25, -0.2) is 4.39 Å². The molecule has 1 aliphatic heterocycles. The van der Waals surface area contributed by atoms with E-state index in [0.717, 1.165) is 31.5 Å². The molecule has 0 unspecified atom stereocenters. The highest BCUT2D eigenvalue weighted by molar-refractivity contribution is 5.78. The number of benzene rings is 1. The van der Waals surface area contributed by atoms with Crippen LogP contribution >= 0.6 is 0 Å². The van der Waals surface area contributed by atoms with E-state index in [2.05, 4.69) is 17.1 Å². The van der Waals surface area contributed by atoms with Gasteiger partial charge in [-0.1, -0.05) is 12.1 Å². The lowest BCUT2D eigenvalue weighted by Crippen LogP contribution is -2.38. The van der Waals surface area contributed by atoms with E-state index >= 15 is 0 Å². The Kier molecular flexibility index (Phi) is 4.47. The van der Waals surface area contributed by atoms with Crippen molar-refractivity contribution in [2.24, 2.45) is 0 Å². The van der Waals surface area contributed by atoms with Gasteiger partial charge in [0.05, 0.1) is 6.42 Å². The van der Waals surface area contributed by atoms with Crippen molar-refractivity contribution in [3.8, 4) is 0 Å². The summed E-state index contributed by atoms with van der Waals surface area (Å²) in [6.07, 6.45) is 5.96. The minimum atomic E-state index is -0.269. The van der Waals surface area contributed by atoms with Gasteiger partial charge in [-0.15, -0.1) is 0 Å². The number of hydrogen-bond acceptors (Lipinski definition) is 2. The highest BCUT2D eigenvalue weighted by Crippen LogP contribution is 2.27. The average molecular weight is 298 g/mol. The normalized spacial score (nSPS) is 15.8. The van der Waals surface area contributed by atoms with Gasteiger partial charge in [0.1, 0.15) is 5.82 Å². The molecule has 1 fully saturated rings. The third kappa shape index (κ3) is 3.50. The predicted molar refractivity (Wildman–Crippen MR) is 82.9 cm³/mol. The molecule has 4 heteroatoms. The number of piperidine rings is 1. The van der Waals surface area contributed by atoms with Crippen molar-refractivity contribution >= 4 is 5.91 Å². The molecule has 0 N–H and O–H groups in total. The first-order valence-electron chi connectivity index (χ1n) is 7.64. The van der Waals surface area contributed by atoms with Gasteiger partial charge in [0.25, 0.3) is 0 Å². The second-order valence-corrected chi connectivity index (χ2v) is 5.74. The highest BCUT2D eigenvalue weighted by atomic mass is 19.1. The van der Waals surface area contributed by atoms with Crippen LogP contribution in [0.1, 0.15) is 29.9 Å². The van der Waals surface area contributed by atoms with Crippen molar-refractivity contribution in [1.29, 1.82) is 0 Å². The molecular formula is C18H19FN2O. The van der Waals surface area contributed by atoms with E-state index in [-0.39, 0.29) is 11.7 Å². The van der Waals surface area contributed by atoms with Gasteiger partial charge in [0.2, 0.25) is 5.91 Å². The van der Waals surface area contributed by atoms with Crippen LogP contribution in [0.25, 0.3) is 0 Å². The van der Waals surface area contributed by atoms with Gasteiger partial charge in [-0.05, 0) is 54.2 Å². The molecule has 1 aromatic carbocycles. The van der Waals surface area contributed by atoms with Crippen molar-refractivity contribution in [3.05, 3.63) is 65.7 Å². The molecule has 3 nitrogen and oxygen atoms in total. The summed E-state index contributed by atoms with van der Waals surface area (Å²) in [6.45, 7) is 1.57. The lowest BCUT2D eigenvalue weighted by molar-refractivity contribution is -0.131. The molecule has 0 aliphatic carbocycles. The van der Waals surface area contributed by atoms with Crippen LogP contribution in [-0.4, -0.2) is 28.9 Å². The first-order valence-corrected chi connectivity index (χ1v) is 7.64. The third-order valence-electron chi connectivity index (χ3n) is 4.29. The number of likely N-dealkylation sites (tertiary alicyclic amines) is 1. The Hall–Kier alpha value is -2.23. The summed E-state index contributed by atoms with van der Waals surface area (Å²) in [5, 5.41) is 0. The van der Waals surface area contributed by atoms with Crippen molar-refractivity contribution in [2.45, 2.75) is 25.2 Å². The Balaban J connectivity index is 1.54. The maximum absolute atomic E-state index is 12.9. The maximum Gasteiger partial charge on any atom is 0.226 e. The average Bonchev–Trinajstić information content (AvgIpc) is 2.58. The van der Waals surface area contributed by atoms with Crippen LogP contribution in [0.2, 0.25) is 0 Å². The standard InChI is InChI=1S/C18H19FN2O/c19-17-3-1-14(2-4-17)13-18(22)21-11-7-16(8-12-21)15-5-9-20-10-6-15/h1-6,9-10,16H,7-8,11-13H2. The zero-order valence-corrected chi connectivity index (χ0v) is 12.4. The second-order valence-electron chi connectivity index (χ2n) is 5.74. The first-order chi connectivity index (χ1) is 10.7. The molecule has 1 saturated heterocycles. The molecule has 2 aromatic rings. The summed E-state index contributed by atoms with van der Waals surface area (Å²) in [5.74, 6) is 0.368. The van der Waals surface area contributed by atoms with Crippen LogP contribution < -0.4 is 0 Å². The fraction of sp³-hybridized carbons (Fsp3) is 0.333. The van der Waals surface area contributed by atoms with Crippen LogP contribution in [0.4, 0.5) is 4.39 Å². The van der Waals surface area contributed by atoms with E-state index < -0.39 is 0 Å². The van der Waals surface area contributed by atoms with Crippen LogP contribution in [0.15, 0.2) is 48.8 Å². The molecule has 0 saturated carbocycles. The molecule has 1 amide bonds. The molecule has 114 valence electrons. The number of halogens is 1. The van der Waals surface area contributed by atoms with Crippen molar-refractivity contribution in [3.63, 3.8) is 0 Å². The molecule has 3 rings (SSSR count). The molecule has 1 aliphatic rings. The fourth-order valence-electron chi connectivity index (χ4n) is 2.99. The Labute approximate surface area is 129 Å². The number of pyridine rings is 1. The molecular weight excluding hydrogens is 279 g/mol. The number of amides is 1. The highest BCUT2D eigenvalue weighted by Gasteiger charge is 2.23. The monoisotopic (exact) mass is 298 g/mol. The lowest BCUT2D eigenvalue weighted by atomic mass is 9.90. The molecule has 0 atom stereocenters. The number of nitrogens with zero attached hydrogens (tertiary/aromatic N) is 2. The minimum Gasteiger partial charge on any atom is -0.342 e. The van der Waals surface area contributed by atoms with Gasteiger partial charge in [0.15, 0.2) is 0 Å². The summed E-state index contributed by atoms with van der Waals surface area (Å²) in [7, 11) is 0. The van der Waals surface area contributed by atoms with Gasteiger partial charge in [-0.3, -0.25) is 9.78 Å². The first kappa shape index (κ1) is 14.7. The Morgan fingerprint density at radius 3 is 2.36 bits per heavy atom. The van der Waals surface area contributed by atoms with Crippen molar-refractivity contribution in [2.75, 3.05) is 13.1 Å². The zero-order valence-electron chi connectivity index (χ0n) is 12.4. The summed E-state index contributed by atoms with van der Waals surface area (Å²) >= 11 is 0. The van der Waals surface area contributed by atoms with Crippen LogP contribution in [0, 0.1) is 5.82 Å². The van der Waals surface area contributed by atoms with E-state index in [1.807, 2.05) is 17.3 Å². The van der Waals surface area contributed by atoms with Gasteiger partial charge >= 0.3 is 0 Å². The Bertz CT molecular complexity index is 619. The third-order valence-corrected chi connectivity index (χ3v) is 4.29. The number of carbonyl (C=O) groups excluding carboxylic acids is 1. The largest absolute Gasteiger partial charge is 0.342 e. The van der Waals surface area contributed by atoms with E-state index in [4.69, 9.17) is 0 Å². The van der Waals surface area contributed by atoms with Crippen LogP contribution in [0.3, 0.4) is 0 Å². The predicted octanol–water partition coefficient (Wildman–Crippen LogP) is 3.17. The lowest BCUT2D eigenvalue weighted by Gasteiger charge is -2.32. The number of aromatic nitrogens is 1. The van der Waals surface area contributed by atoms with E-state index in [1.54, 1.807) is 12.1 Å². The van der Waals surface area contributed by atoms with Crippen LogP contribution in [-0.2, 0) is 11.2 Å². The smallest absolute Gasteiger partial charge is 0.226 e. The van der Waals surface area contributed by atoms with Crippen LogP contribution in [0.5, 0.6) is 0 Å². The van der Waals surface area contributed by atoms with Gasteiger partial charge in [-0.2, -0.15) is 0 Å². The minimum absolute atomic E-state index is 0.125. The van der Waals surface area contributed by atoms with Gasteiger partial charge < -0.3 is 4.90 Å². The van der Waals surface area contributed by atoms with Crippen molar-refractivity contribution in [1.82, 2.24) is 9.88 Å². The van der Waals surface area contributed by atoms with E-state index in [9.17, 15) is 9.18 Å². The summed E-state index contributed by atoms with van der Waals surface area (Å²) in [5.41, 5.74) is 2.17. The SMILES string of the molecule is O=C(Cc1ccc(F)cc1)N1CCC(c2ccncc2)CC1. The fourth-order valence-corrected chi connectivity index (χ4v) is 2.99. The number of carbonyl (C=O) groups is 1. The van der Waals surface area contributed by atoms with Gasteiger partial charge in [0, 0.05) is 25.5 Å². The quantitative estimate of drug-likeness (QED) is 0.872. The van der Waals surface area contributed by atoms with E-state index in [0.29, 0.717) is 12.3 Å². The molecule has 2 heterocycles. The Morgan fingerprint density at radius 1 is 1.09 bits per heavy atom. The summed E-state index contributed by atoms with van der Waals surface area (Å²) in [6, 6.07) is 10.3. The number of hydrogen-bond donors (Lipinski definition) is 0. The maximum atomic E-state index is 12.9.